The summed E-state index contributed by atoms with van der Waals surface area (Å²) in [6.45, 7) is 0. The summed E-state index contributed by atoms with van der Waals surface area (Å²) in [6, 6.07) is 3.23. The van der Waals surface area contributed by atoms with Crippen LogP contribution in [0.1, 0.15) is 15.9 Å². The molecule has 0 saturated heterocycles. The van der Waals surface area contributed by atoms with Crippen molar-refractivity contribution in [3.8, 4) is 0 Å². The van der Waals surface area contributed by atoms with Gasteiger partial charge in [-0.1, -0.05) is 0 Å². The molecule has 1 amide bonds. The number of benzene rings is 1. The van der Waals surface area contributed by atoms with E-state index < -0.39 is 17.6 Å². The first-order valence-corrected chi connectivity index (χ1v) is 4.57. The largest absolute Gasteiger partial charge is 0.417 e. The molecule has 6 heteroatoms. The minimum Gasteiger partial charge on any atom is -0.366 e. The second kappa shape index (κ2) is 3.76. The number of primary amides is 1. The van der Waals surface area contributed by atoms with Crippen LogP contribution in [0, 0.1) is 3.57 Å². The normalized spacial score (nSPS) is 11.4. The summed E-state index contributed by atoms with van der Waals surface area (Å²) in [6.07, 6.45) is -4.46. The lowest BCUT2D eigenvalue weighted by molar-refractivity contribution is -0.138. The van der Waals surface area contributed by atoms with Gasteiger partial charge in [0, 0.05) is 9.13 Å². The van der Waals surface area contributed by atoms with Crippen LogP contribution in [0.15, 0.2) is 18.2 Å². The van der Waals surface area contributed by atoms with E-state index in [1.807, 2.05) is 0 Å². The minimum absolute atomic E-state index is 0.0418. The lowest BCUT2D eigenvalue weighted by Gasteiger charge is -2.09. The van der Waals surface area contributed by atoms with Gasteiger partial charge in [-0.15, -0.1) is 0 Å². The topological polar surface area (TPSA) is 43.1 Å². The van der Waals surface area contributed by atoms with Crippen molar-refractivity contribution in [1.29, 1.82) is 0 Å². The molecule has 0 bridgehead atoms. The second-order valence-corrected chi connectivity index (χ2v) is 3.72. The molecule has 0 spiro atoms. The van der Waals surface area contributed by atoms with Gasteiger partial charge in [0.2, 0.25) is 5.91 Å². The van der Waals surface area contributed by atoms with Crippen LogP contribution in [0.4, 0.5) is 13.2 Å². The fraction of sp³-hybridized carbons (Fsp3) is 0.125. The highest BCUT2D eigenvalue weighted by molar-refractivity contribution is 14.1. The Labute approximate surface area is 91.4 Å². The van der Waals surface area contributed by atoms with Crippen molar-refractivity contribution < 1.29 is 18.0 Å². The summed E-state index contributed by atoms with van der Waals surface area (Å²) >= 11 is 1.55. The van der Waals surface area contributed by atoms with Crippen LogP contribution in [0.5, 0.6) is 0 Å². The summed E-state index contributed by atoms with van der Waals surface area (Å²) in [5, 5.41) is 0. The third-order valence-corrected chi connectivity index (χ3v) is 2.50. The van der Waals surface area contributed by atoms with Crippen LogP contribution >= 0.6 is 22.6 Å². The third-order valence-electron chi connectivity index (χ3n) is 1.56. The zero-order chi connectivity index (χ0) is 10.9. The molecule has 1 aromatic carbocycles. The van der Waals surface area contributed by atoms with Gasteiger partial charge in [-0.2, -0.15) is 13.2 Å². The molecule has 0 heterocycles. The quantitative estimate of drug-likeness (QED) is 0.795. The summed E-state index contributed by atoms with van der Waals surface area (Å²) in [5.74, 6) is -0.869. The molecule has 1 aromatic rings. The first-order valence-electron chi connectivity index (χ1n) is 3.49. The maximum Gasteiger partial charge on any atom is 0.417 e. The van der Waals surface area contributed by atoms with Gasteiger partial charge in [0.15, 0.2) is 0 Å². The highest BCUT2D eigenvalue weighted by atomic mass is 127. The third kappa shape index (κ3) is 2.37. The highest BCUT2D eigenvalue weighted by Crippen LogP contribution is 2.33. The molecular formula is C8H5F3INO. The second-order valence-electron chi connectivity index (χ2n) is 2.56. The minimum atomic E-state index is -4.46. The van der Waals surface area contributed by atoms with Gasteiger partial charge in [-0.3, -0.25) is 4.79 Å². The predicted molar refractivity (Wildman–Crippen MR) is 52.7 cm³/mol. The van der Waals surface area contributed by atoms with Crippen molar-refractivity contribution >= 4 is 28.5 Å². The molecule has 0 fully saturated rings. The van der Waals surface area contributed by atoms with E-state index in [9.17, 15) is 18.0 Å². The van der Waals surface area contributed by atoms with Crippen LogP contribution in [-0.4, -0.2) is 5.91 Å². The molecule has 2 nitrogen and oxygen atoms in total. The number of hydrogen-bond acceptors (Lipinski definition) is 1. The fourth-order valence-corrected chi connectivity index (χ4v) is 1.54. The molecule has 1 rings (SSSR count). The van der Waals surface area contributed by atoms with E-state index in [-0.39, 0.29) is 9.13 Å². The van der Waals surface area contributed by atoms with Crippen LogP contribution in [0.3, 0.4) is 0 Å². The number of halogens is 4. The molecule has 14 heavy (non-hydrogen) atoms. The summed E-state index contributed by atoms with van der Waals surface area (Å²) < 4.78 is 37.0. The molecule has 0 aromatic heterocycles. The number of alkyl halides is 3. The van der Waals surface area contributed by atoms with E-state index in [0.29, 0.717) is 0 Å². The lowest BCUT2D eigenvalue weighted by Crippen LogP contribution is -2.14. The predicted octanol–water partition coefficient (Wildman–Crippen LogP) is 2.41. The smallest absolute Gasteiger partial charge is 0.366 e. The van der Waals surface area contributed by atoms with Crippen molar-refractivity contribution in [3.05, 3.63) is 32.9 Å². The summed E-state index contributed by atoms with van der Waals surface area (Å²) in [7, 11) is 0. The van der Waals surface area contributed by atoms with E-state index in [2.05, 4.69) is 0 Å². The Hall–Kier alpha value is -0.790. The SMILES string of the molecule is NC(=O)c1ccc(I)c(C(F)(F)F)c1. The van der Waals surface area contributed by atoms with E-state index in [1.165, 1.54) is 12.1 Å². The van der Waals surface area contributed by atoms with Crippen LogP contribution in [-0.2, 0) is 6.18 Å². The Kier molecular flexibility index (Phi) is 3.03. The molecule has 76 valence electrons. The number of nitrogens with two attached hydrogens (primary N) is 1. The zero-order valence-corrected chi connectivity index (χ0v) is 8.89. The molecule has 0 aliphatic heterocycles. The van der Waals surface area contributed by atoms with Crippen molar-refractivity contribution in [2.75, 3.05) is 0 Å². The van der Waals surface area contributed by atoms with Gasteiger partial charge >= 0.3 is 6.18 Å². The molecule has 0 unspecified atom stereocenters. The molecule has 0 saturated carbocycles. The van der Waals surface area contributed by atoms with Crippen LogP contribution in [0.2, 0.25) is 0 Å². The Balaban J connectivity index is 3.29. The van der Waals surface area contributed by atoms with Gasteiger partial charge in [0.05, 0.1) is 5.56 Å². The highest BCUT2D eigenvalue weighted by Gasteiger charge is 2.33. The summed E-state index contributed by atoms with van der Waals surface area (Å²) in [4.78, 5) is 10.6. The average molecular weight is 315 g/mol. The Morgan fingerprint density at radius 3 is 2.36 bits per heavy atom. The molecule has 2 N–H and O–H groups in total. The van der Waals surface area contributed by atoms with Crippen molar-refractivity contribution in [1.82, 2.24) is 0 Å². The number of amides is 1. The van der Waals surface area contributed by atoms with E-state index in [0.717, 1.165) is 6.07 Å². The first-order chi connectivity index (χ1) is 6.32. The average Bonchev–Trinajstić information content (AvgIpc) is 2.02. The van der Waals surface area contributed by atoms with Crippen LogP contribution in [0.25, 0.3) is 0 Å². The molecule has 0 radical (unpaired) electrons. The van der Waals surface area contributed by atoms with Crippen molar-refractivity contribution in [3.63, 3.8) is 0 Å². The maximum absolute atomic E-state index is 12.3. The molecule has 0 atom stereocenters. The molecule has 0 aliphatic rings. The number of rotatable bonds is 1. The Bertz CT molecular complexity index is 375. The van der Waals surface area contributed by atoms with E-state index in [4.69, 9.17) is 5.73 Å². The van der Waals surface area contributed by atoms with Gasteiger partial charge in [0.25, 0.3) is 0 Å². The van der Waals surface area contributed by atoms with Gasteiger partial charge < -0.3 is 5.73 Å². The van der Waals surface area contributed by atoms with Gasteiger partial charge in [-0.25, -0.2) is 0 Å². The molecular weight excluding hydrogens is 310 g/mol. The van der Waals surface area contributed by atoms with Crippen LogP contribution < -0.4 is 5.73 Å². The number of carbonyl (C=O) groups is 1. The standard InChI is InChI=1S/C8H5F3INO/c9-8(10,11)5-3-4(7(13)14)1-2-6(5)12/h1-3H,(H2,13,14). The van der Waals surface area contributed by atoms with E-state index in [1.54, 1.807) is 22.6 Å². The Morgan fingerprint density at radius 2 is 1.93 bits per heavy atom. The fourth-order valence-electron chi connectivity index (χ4n) is 0.896. The Morgan fingerprint density at radius 1 is 1.36 bits per heavy atom. The first kappa shape index (κ1) is 11.3. The van der Waals surface area contributed by atoms with Crippen molar-refractivity contribution in [2.45, 2.75) is 6.18 Å². The maximum atomic E-state index is 12.3. The summed E-state index contributed by atoms with van der Waals surface area (Å²) in [5.41, 5.74) is 3.89. The van der Waals surface area contributed by atoms with Gasteiger partial charge in [0.1, 0.15) is 0 Å². The zero-order valence-electron chi connectivity index (χ0n) is 6.73. The monoisotopic (exact) mass is 315 g/mol. The van der Waals surface area contributed by atoms with Gasteiger partial charge in [-0.05, 0) is 40.8 Å². The number of hydrogen-bond donors (Lipinski definition) is 1. The number of carbonyl (C=O) groups excluding carboxylic acids is 1. The molecule has 0 aliphatic carbocycles. The lowest BCUT2D eigenvalue weighted by atomic mass is 10.1. The van der Waals surface area contributed by atoms with E-state index >= 15 is 0 Å². The van der Waals surface area contributed by atoms with Crippen molar-refractivity contribution in [2.24, 2.45) is 5.73 Å².